The summed E-state index contributed by atoms with van der Waals surface area (Å²) in [6.07, 6.45) is 2.85. The van der Waals surface area contributed by atoms with Gasteiger partial charge < -0.3 is 15.3 Å². The molecule has 2 aliphatic rings. The zero-order valence-electron chi connectivity index (χ0n) is 14.1. The lowest BCUT2D eigenvalue weighted by Crippen LogP contribution is -2.51. The molecule has 0 saturated carbocycles. The summed E-state index contributed by atoms with van der Waals surface area (Å²) in [5.74, 6) is -0.184. The maximum Gasteiger partial charge on any atom is 0.273 e. The van der Waals surface area contributed by atoms with Crippen LogP contribution in [0.5, 0.6) is 0 Å². The van der Waals surface area contributed by atoms with E-state index in [1.165, 1.54) is 22.7 Å². The molecule has 2 N–H and O–H groups in total. The summed E-state index contributed by atoms with van der Waals surface area (Å²) in [7, 11) is 0. The van der Waals surface area contributed by atoms with Gasteiger partial charge in [0.05, 0.1) is 28.7 Å². The number of amides is 2. The summed E-state index contributed by atoms with van der Waals surface area (Å²) in [4.78, 5) is 36.5. The highest BCUT2D eigenvalue weighted by atomic mass is 32.1. The van der Waals surface area contributed by atoms with Crippen molar-refractivity contribution in [1.82, 2.24) is 20.2 Å². The number of nitrogens with zero attached hydrogens (tertiary/aromatic N) is 3. The van der Waals surface area contributed by atoms with E-state index in [9.17, 15) is 9.59 Å². The smallest absolute Gasteiger partial charge is 0.273 e. The van der Waals surface area contributed by atoms with Crippen LogP contribution in [0.15, 0.2) is 21.8 Å². The molecule has 2 bridgehead atoms. The van der Waals surface area contributed by atoms with Crippen LogP contribution in [-0.4, -0.2) is 57.0 Å². The Morgan fingerprint density at radius 3 is 2.77 bits per heavy atom. The Hall–Kier alpha value is -1.84. The van der Waals surface area contributed by atoms with Gasteiger partial charge in [0.2, 0.25) is 5.91 Å². The van der Waals surface area contributed by atoms with Crippen molar-refractivity contribution in [3.63, 3.8) is 0 Å². The predicted molar refractivity (Wildman–Crippen MR) is 98.1 cm³/mol. The van der Waals surface area contributed by atoms with Crippen LogP contribution < -0.4 is 5.32 Å². The topological polar surface area (TPSA) is 95.4 Å². The zero-order valence-corrected chi connectivity index (χ0v) is 15.8. The van der Waals surface area contributed by atoms with Crippen molar-refractivity contribution in [2.24, 2.45) is 5.41 Å². The van der Waals surface area contributed by atoms with Gasteiger partial charge in [-0.3, -0.25) is 9.59 Å². The lowest BCUT2D eigenvalue weighted by atomic mass is 9.70. The van der Waals surface area contributed by atoms with Gasteiger partial charge in [-0.15, -0.1) is 22.7 Å². The Morgan fingerprint density at radius 2 is 2.08 bits per heavy atom. The van der Waals surface area contributed by atoms with Gasteiger partial charge >= 0.3 is 0 Å². The first kappa shape index (κ1) is 17.6. The van der Waals surface area contributed by atoms with Crippen molar-refractivity contribution in [2.45, 2.75) is 37.8 Å². The fraction of sp³-hybridized carbons (Fsp3) is 0.529. The molecular weight excluding hydrogens is 372 g/mol. The van der Waals surface area contributed by atoms with E-state index in [-0.39, 0.29) is 37.0 Å². The van der Waals surface area contributed by atoms with Gasteiger partial charge in [0.1, 0.15) is 5.69 Å². The molecule has 2 fully saturated rings. The molecule has 0 spiro atoms. The molecule has 7 nitrogen and oxygen atoms in total. The van der Waals surface area contributed by atoms with Crippen molar-refractivity contribution >= 4 is 34.5 Å². The van der Waals surface area contributed by atoms with Crippen LogP contribution in [-0.2, 0) is 11.2 Å². The summed E-state index contributed by atoms with van der Waals surface area (Å²) in [6, 6.07) is -0.116. The quantitative estimate of drug-likeness (QED) is 0.773. The van der Waals surface area contributed by atoms with Crippen molar-refractivity contribution in [3.05, 3.63) is 33.2 Å². The van der Waals surface area contributed by atoms with Crippen molar-refractivity contribution in [1.29, 1.82) is 0 Å². The maximum absolute atomic E-state index is 13.1. The lowest BCUT2D eigenvalue weighted by Gasteiger charge is -2.35. The van der Waals surface area contributed by atoms with Gasteiger partial charge in [0.25, 0.3) is 5.91 Å². The van der Waals surface area contributed by atoms with E-state index in [1.54, 1.807) is 16.4 Å². The van der Waals surface area contributed by atoms with Crippen LogP contribution in [0.25, 0.3) is 0 Å². The van der Waals surface area contributed by atoms with E-state index in [0.717, 1.165) is 18.5 Å². The number of hydrogen-bond acceptors (Lipinski definition) is 7. The van der Waals surface area contributed by atoms with Crippen molar-refractivity contribution in [2.75, 3.05) is 13.2 Å². The number of nitrogens with one attached hydrogen (secondary N) is 1. The van der Waals surface area contributed by atoms with Crippen LogP contribution in [0.1, 0.15) is 35.4 Å². The van der Waals surface area contributed by atoms with Gasteiger partial charge in [-0.25, -0.2) is 9.97 Å². The molecule has 2 saturated heterocycles. The molecule has 0 aromatic carbocycles. The number of aromatic nitrogens is 2. The van der Waals surface area contributed by atoms with Gasteiger partial charge in [0.15, 0.2) is 0 Å². The zero-order chi connectivity index (χ0) is 18.1. The molecule has 26 heavy (non-hydrogen) atoms. The fourth-order valence-electron chi connectivity index (χ4n) is 4.45. The Morgan fingerprint density at radius 1 is 1.27 bits per heavy atom. The molecule has 0 radical (unpaired) electrons. The van der Waals surface area contributed by atoms with E-state index < -0.39 is 5.41 Å². The van der Waals surface area contributed by atoms with Crippen LogP contribution in [0.2, 0.25) is 0 Å². The highest BCUT2D eigenvalue weighted by molar-refractivity contribution is 7.07. The highest BCUT2D eigenvalue weighted by Gasteiger charge is 2.61. The second-order valence-corrected chi connectivity index (χ2v) is 8.27. The van der Waals surface area contributed by atoms with Crippen LogP contribution in [0.3, 0.4) is 0 Å². The van der Waals surface area contributed by atoms with E-state index in [4.69, 9.17) is 5.11 Å². The van der Waals surface area contributed by atoms with E-state index in [0.29, 0.717) is 18.5 Å². The number of rotatable bonds is 6. The molecular formula is C17H20N4O3S2. The average molecular weight is 393 g/mol. The predicted octanol–water partition coefficient (Wildman–Crippen LogP) is 1.31. The third-order valence-electron chi connectivity index (χ3n) is 5.46. The first-order chi connectivity index (χ1) is 12.7. The molecule has 2 aromatic heterocycles. The largest absolute Gasteiger partial charge is 0.395 e. The third-order valence-corrected chi connectivity index (χ3v) is 6.68. The normalized spacial score (nSPS) is 27.0. The minimum Gasteiger partial charge on any atom is -0.395 e. The number of carbonyl (C=O) groups is 2. The van der Waals surface area contributed by atoms with Gasteiger partial charge in [-0.05, 0) is 19.3 Å². The molecule has 0 aliphatic carbocycles. The van der Waals surface area contributed by atoms with E-state index >= 15 is 0 Å². The number of fused-ring (bicyclic) bond motifs is 2. The number of thiazole rings is 2. The molecule has 9 heteroatoms. The SMILES string of the molecule is O=C(c1cscn1)N1[C@@H]2CC[C@H]1[C@@](Cc1cscn1)(C(=O)NCCO)C2. The summed E-state index contributed by atoms with van der Waals surface area (Å²) in [5, 5.41) is 15.7. The summed E-state index contributed by atoms with van der Waals surface area (Å²) in [6.45, 7) is 0.114. The monoisotopic (exact) mass is 392 g/mol. The van der Waals surface area contributed by atoms with Gasteiger partial charge in [-0.1, -0.05) is 0 Å². The number of aliphatic hydroxyl groups excluding tert-OH is 1. The first-order valence-corrected chi connectivity index (χ1v) is 10.5. The fourth-order valence-corrected chi connectivity index (χ4v) is 5.53. The van der Waals surface area contributed by atoms with Crippen LogP contribution >= 0.6 is 22.7 Å². The first-order valence-electron chi connectivity index (χ1n) is 8.63. The Balaban J connectivity index is 1.66. The van der Waals surface area contributed by atoms with Crippen LogP contribution in [0, 0.1) is 5.41 Å². The Labute approximate surface area is 159 Å². The molecule has 3 atom stereocenters. The van der Waals surface area contributed by atoms with Crippen molar-refractivity contribution in [3.8, 4) is 0 Å². The number of hydrogen-bond donors (Lipinski definition) is 2. The highest BCUT2D eigenvalue weighted by Crippen LogP contribution is 2.52. The van der Waals surface area contributed by atoms with E-state index in [1.807, 2.05) is 10.3 Å². The molecule has 4 rings (SSSR count). The van der Waals surface area contributed by atoms with Crippen molar-refractivity contribution < 1.29 is 14.7 Å². The number of aliphatic hydroxyl groups is 1. The lowest BCUT2D eigenvalue weighted by molar-refractivity contribution is -0.132. The average Bonchev–Trinajstić information content (AvgIpc) is 3.43. The van der Waals surface area contributed by atoms with E-state index in [2.05, 4.69) is 15.3 Å². The number of carbonyl (C=O) groups excluding carboxylic acids is 2. The third kappa shape index (κ3) is 2.83. The van der Waals surface area contributed by atoms with Crippen LogP contribution in [0.4, 0.5) is 0 Å². The molecule has 4 heterocycles. The Bertz CT molecular complexity index is 780. The Kier molecular flexibility index (Phi) is 4.76. The maximum atomic E-state index is 13.1. The minimum absolute atomic E-state index is 0.0488. The molecule has 2 amide bonds. The second kappa shape index (κ2) is 7.05. The van der Waals surface area contributed by atoms with Gasteiger partial charge in [-0.2, -0.15) is 0 Å². The van der Waals surface area contributed by atoms with Gasteiger partial charge in [0, 0.05) is 35.8 Å². The summed E-state index contributed by atoms with van der Waals surface area (Å²) < 4.78 is 0. The summed E-state index contributed by atoms with van der Waals surface area (Å²) >= 11 is 2.90. The summed E-state index contributed by atoms with van der Waals surface area (Å²) in [5.41, 5.74) is 4.05. The second-order valence-electron chi connectivity index (χ2n) is 6.83. The molecule has 2 aliphatic heterocycles. The molecule has 2 aromatic rings. The molecule has 0 unspecified atom stereocenters. The minimum atomic E-state index is -0.697. The standard InChI is InChI=1S/C17H20N4O3S2/c22-4-3-18-16(24)17(5-11-7-25-9-19-11)6-12-1-2-14(17)21(12)15(23)13-8-26-10-20-13/h7-10,12,14,22H,1-6H2,(H,18,24)/t12-,14+,17+/m1/s1. The molecule has 138 valence electrons.